The number of hydrogen-bond acceptors (Lipinski definition) is 1. The van der Waals surface area contributed by atoms with E-state index in [0.717, 1.165) is 18.4 Å². The lowest BCUT2D eigenvalue weighted by Crippen LogP contribution is -2.31. The maximum Gasteiger partial charge on any atom is 0.0493 e. The lowest BCUT2D eigenvalue weighted by atomic mass is 10.00. The van der Waals surface area contributed by atoms with Gasteiger partial charge in [-0.15, -0.1) is 0 Å². The van der Waals surface area contributed by atoms with Gasteiger partial charge in [-0.1, -0.05) is 41.4 Å². The number of rotatable bonds is 4. The van der Waals surface area contributed by atoms with Crippen LogP contribution >= 0.6 is 23.2 Å². The summed E-state index contributed by atoms with van der Waals surface area (Å²) < 4.78 is 0. The quantitative estimate of drug-likeness (QED) is 0.843. The summed E-state index contributed by atoms with van der Waals surface area (Å²) >= 11 is 11.9. The molecule has 0 atom stereocenters. The highest BCUT2D eigenvalue weighted by Crippen LogP contribution is 2.22. The first kappa shape index (κ1) is 13.6. The van der Waals surface area contributed by atoms with E-state index >= 15 is 0 Å². The zero-order chi connectivity index (χ0) is 12.2. The third-order valence-electron chi connectivity index (χ3n) is 2.22. The van der Waals surface area contributed by atoms with E-state index in [2.05, 4.69) is 6.08 Å². The van der Waals surface area contributed by atoms with Crippen molar-refractivity contribution in [1.82, 2.24) is 0 Å². The Hall–Kier alpha value is -0.500. The minimum Gasteiger partial charge on any atom is -0.326 e. The lowest BCUT2D eigenvalue weighted by molar-refractivity contribution is 0.482. The van der Waals surface area contributed by atoms with Crippen LogP contribution in [0.4, 0.5) is 0 Å². The van der Waals surface area contributed by atoms with Gasteiger partial charge in [0.15, 0.2) is 0 Å². The highest BCUT2D eigenvalue weighted by molar-refractivity contribution is 6.35. The van der Waals surface area contributed by atoms with Gasteiger partial charge in [0.05, 0.1) is 0 Å². The molecule has 0 bridgehead atoms. The fraction of sp³-hybridized carbons (Fsp3) is 0.385. The first-order valence-corrected chi connectivity index (χ1v) is 6.04. The SMILES string of the molecule is CC(C)(N)CC/C=C/c1ccc(Cl)cc1Cl. The van der Waals surface area contributed by atoms with Crippen LogP contribution in [0.5, 0.6) is 0 Å². The molecule has 1 nitrogen and oxygen atoms in total. The first-order chi connectivity index (χ1) is 7.38. The molecule has 3 heteroatoms. The summed E-state index contributed by atoms with van der Waals surface area (Å²) in [6, 6.07) is 5.49. The zero-order valence-corrected chi connectivity index (χ0v) is 11.1. The molecular formula is C13H17Cl2N. The average Bonchev–Trinajstić information content (AvgIpc) is 2.13. The molecule has 0 aliphatic rings. The van der Waals surface area contributed by atoms with Gasteiger partial charge in [-0.3, -0.25) is 0 Å². The molecule has 2 N–H and O–H groups in total. The van der Waals surface area contributed by atoms with E-state index in [9.17, 15) is 0 Å². The Kier molecular flexibility index (Phi) is 4.85. The van der Waals surface area contributed by atoms with Crippen molar-refractivity contribution >= 4 is 29.3 Å². The van der Waals surface area contributed by atoms with Crippen LogP contribution in [0, 0.1) is 0 Å². The van der Waals surface area contributed by atoms with Crippen molar-refractivity contribution in [2.75, 3.05) is 0 Å². The second-order valence-electron chi connectivity index (χ2n) is 4.60. The molecule has 0 heterocycles. The van der Waals surface area contributed by atoms with Crippen molar-refractivity contribution in [3.05, 3.63) is 39.9 Å². The number of nitrogens with two attached hydrogens (primary N) is 1. The van der Waals surface area contributed by atoms with Crippen molar-refractivity contribution in [2.24, 2.45) is 5.73 Å². The standard InChI is InChI=1S/C13H17Cl2N/c1-13(2,16)8-4-3-5-10-6-7-11(14)9-12(10)15/h3,5-7,9H,4,8,16H2,1-2H3/b5-3+. The third kappa shape index (κ3) is 5.02. The van der Waals surface area contributed by atoms with E-state index in [1.54, 1.807) is 6.07 Å². The van der Waals surface area contributed by atoms with E-state index in [1.165, 1.54) is 0 Å². The Morgan fingerprint density at radius 2 is 2.00 bits per heavy atom. The van der Waals surface area contributed by atoms with Crippen molar-refractivity contribution in [1.29, 1.82) is 0 Å². The Morgan fingerprint density at radius 3 is 2.56 bits per heavy atom. The summed E-state index contributed by atoms with van der Waals surface area (Å²) in [5.41, 5.74) is 6.76. The Morgan fingerprint density at radius 1 is 1.31 bits per heavy atom. The maximum absolute atomic E-state index is 6.04. The van der Waals surface area contributed by atoms with Crippen molar-refractivity contribution in [3.8, 4) is 0 Å². The second-order valence-corrected chi connectivity index (χ2v) is 5.44. The predicted octanol–water partition coefficient (Wildman–Crippen LogP) is 4.52. The Balaban J connectivity index is 2.57. The molecule has 0 aromatic heterocycles. The normalized spacial score (nSPS) is 12.3. The third-order valence-corrected chi connectivity index (χ3v) is 2.78. The minimum atomic E-state index is -0.117. The van der Waals surface area contributed by atoms with Gasteiger partial charge < -0.3 is 5.73 Å². The molecule has 1 rings (SSSR count). The summed E-state index contributed by atoms with van der Waals surface area (Å²) in [7, 11) is 0. The van der Waals surface area contributed by atoms with Gasteiger partial charge in [-0.2, -0.15) is 0 Å². The number of hydrogen-bond donors (Lipinski definition) is 1. The van der Waals surface area contributed by atoms with Crippen LogP contribution in [0.15, 0.2) is 24.3 Å². The van der Waals surface area contributed by atoms with E-state index in [0.29, 0.717) is 10.0 Å². The molecule has 0 amide bonds. The van der Waals surface area contributed by atoms with E-state index in [-0.39, 0.29) is 5.54 Å². The van der Waals surface area contributed by atoms with Gasteiger partial charge in [0.1, 0.15) is 0 Å². The summed E-state index contributed by atoms with van der Waals surface area (Å²) in [5, 5.41) is 1.33. The highest BCUT2D eigenvalue weighted by Gasteiger charge is 2.07. The Labute approximate surface area is 107 Å². The zero-order valence-electron chi connectivity index (χ0n) is 9.63. The van der Waals surface area contributed by atoms with Crippen LogP contribution in [0.1, 0.15) is 32.3 Å². The molecule has 0 aliphatic heterocycles. The summed E-state index contributed by atoms with van der Waals surface area (Å²) in [6.07, 6.45) is 5.99. The van der Waals surface area contributed by atoms with Gasteiger partial charge in [0.25, 0.3) is 0 Å². The molecule has 16 heavy (non-hydrogen) atoms. The molecule has 0 fully saturated rings. The number of allylic oxidation sites excluding steroid dienone is 1. The van der Waals surface area contributed by atoms with Crippen molar-refractivity contribution in [3.63, 3.8) is 0 Å². The summed E-state index contributed by atoms with van der Waals surface area (Å²) in [6.45, 7) is 4.05. The van der Waals surface area contributed by atoms with Gasteiger partial charge in [-0.05, 0) is 44.4 Å². The summed E-state index contributed by atoms with van der Waals surface area (Å²) in [5.74, 6) is 0. The van der Waals surface area contributed by atoms with Gasteiger partial charge in [-0.25, -0.2) is 0 Å². The first-order valence-electron chi connectivity index (χ1n) is 5.29. The van der Waals surface area contributed by atoms with Gasteiger partial charge in [0, 0.05) is 15.6 Å². The second kappa shape index (κ2) is 5.72. The topological polar surface area (TPSA) is 26.0 Å². The molecule has 88 valence electrons. The van der Waals surface area contributed by atoms with Crippen LogP contribution in [-0.4, -0.2) is 5.54 Å². The molecule has 0 aliphatic carbocycles. The molecular weight excluding hydrogens is 241 g/mol. The van der Waals surface area contributed by atoms with Gasteiger partial charge >= 0.3 is 0 Å². The predicted molar refractivity (Wildman–Crippen MR) is 73.0 cm³/mol. The molecule has 0 saturated heterocycles. The van der Waals surface area contributed by atoms with E-state index < -0.39 is 0 Å². The van der Waals surface area contributed by atoms with Crippen molar-refractivity contribution < 1.29 is 0 Å². The average molecular weight is 258 g/mol. The van der Waals surface area contributed by atoms with Gasteiger partial charge in [0.2, 0.25) is 0 Å². The molecule has 0 radical (unpaired) electrons. The van der Waals surface area contributed by atoms with Crippen LogP contribution in [-0.2, 0) is 0 Å². The maximum atomic E-state index is 6.04. The monoisotopic (exact) mass is 257 g/mol. The molecule has 0 unspecified atom stereocenters. The smallest absolute Gasteiger partial charge is 0.0493 e. The van der Waals surface area contributed by atoms with E-state index in [4.69, 9.17) is 28.9 Å². The number of halogens is 2. The molecule has 0 saturated carbocycles. The van der Waals surface area contributed by atoms with E-state index in [1.807, 2.05) is 32.1 Å². The van der Waals surface area contributed by atoms with Crippen LogP contribution in [0.2, 0.25) is 10.0 Å². The lowest BCUT2D eigenvalue weighted by Gasteiger charge is -2.16. The van der Waals surface area contributed by atoms with Crippen molar-refractivity contribution in [2.45, 2.75) is 32.2 Å². The summed E-state index contributed by atoms with van der Waals surface area (Å²) in [4.78, 5) is 0. The fourth-order valence-electron chi connectivity index (χ4n) is 1.30. The number of benzene rings is 1. The molecule has 1 aromatic rings. The van der Waals surface area contributed by atoms with Crippen LogP contribution in [0.25, 0.3) is 6.08 Å². The molecule has 0 spiro atoms. The van der Waals surface area contributed by atoms with Crippen LogP contribution in [0.3, 0.4) is 0 Å². The largest absolute Gasteiger partial charge is 0.326 e. The fourth-order valence-corrected chi connectivity index (χ4v) is 1.77. The minimum absolute atomic E-state index is 0.117. The van der Waals surface area contributed by atoms with Crippen LogP contribution < -0.4 is 5.73 Å². The Bertz CT molecular complexity index is 378. The highest BCUT2D eigenvalue weighted by atomic mass is 35.5. The molecule has 1 aromatic carbocycles.